The Morgan fingerprint density at radius 2 is 2.00 bits per heavy atom. The van der Waals surface area contributed by atoms with Gasteiger partial charge in [-0.15, -0.1) is 5.10 Å². The monoisotopic (exact) mass is 208 g/mol. The highest BCUT2D eigenvalue weighted by atomic mass is 32.2. The standard InChI is InChI=1S/C8H7N3O2S/c12-14(13)8-3-1-7(2-4-8)11-6-5-9-10-11/h1-6H,(H,12,13)/p-1. The molecule has 2 aromatic rings. The molecule has 0 radical (unpaired) electrons. The van der Waals surface area contributed by atoms with Crippen LogP contribution in [0.1, 0.15) is 0 Å². The second-order valence-corrected chi connectivity index (χ2v) is 3.52. The van der Waals surface area contributed by atoms with Gasteiger partial charge in [0.15, 0.2) is 0 Å². The molecule has 1 heterocycles. The highest BCUT2D eigenvalue weighted by Gasteiger charge is 1.96. The predicted octanol–water partition coefficient (Wildman–Crippen LogP) is 0.505. The van der Waals surface area contributed by atoms with Gasteiger partial charge in [-0.1, -0.05) is 5.21 Å². The quantitative estimate of drug-likeness (QED) is 0.674. The molecule has 2 rings (SSSR count). The van der Waals surface area contributed by atoms with Crippen LogP contribution in [0.4, 0.5) is 0 Å². The Kier molecular flexibility index (Phi) is 2.38. The Morgan fingerprint density at radius 3 is 2.50 bits per heavy atom. The Hall–Kier alpha value is -1.53. The molecule has 0 aliphatic heterocycles. The smallest absolute Gasteiger partial charge is 0.0697 e. The lowest BCUT2D eigenvalue weighted by Crippen LogP contribution is -1.96. The summed E-state index contributed by atoms with van der Waals surface area (Å²) in [6, 6.07) is 6.36. The van der Waals surface area contributed by atoms with E-state index in [0.717, 1.165) is 5.69 Å². The molecule has 0 saturated carbocycles. The van der Waals surface area contributed by atoms with E-state index < -0.39 is 11.1 Å². The molecule has 0 fully saturated rings. The third-order valence-corrected chi connectivity index (χ3v) is 2.37. The van der Waals surface area contributed by atoms with E-state index in [1.165, 1.54) is 12.1 Å². The zero-order valence-corrected chi connectivity index (χ0v) is 7.85. The summed E-state index contributed by atoms with van der Waals surface area (Å²) in [6.45, 7) is 0. The fourth-order valence-corrected chi connectivity index (χ4v) is 1.41. The van der Waals surface area contributed by atoms with Gasteiger partial charge in [-0.25, -0.2) is 4.68 Å². The maximum Gasteiger partial charge on any atom is 0.0697 e. The number of hydrogen-bond donors (Lipinski definition) is 0. The van der Waals surface area contributed by atoms with E-state index >= 15 is 0 Å². The van der Waals surface area contributed by atoms with Gasteiger partial charge < -0.3 is 4.55 Å². The highest BCUT2D eigenvalue weighted by molar-refractivity contribution is 7.79. The molecule has 1 aromatic heterocycles. The van der Waals surface area contributed by atoms with Gasteiger partial charge in [-0.05, 0) is 35.3 Å². The van der Waals surface area contributed by atoms with Gasteiger partial charge in [0.1, 0.15) is 0 Å². The molecule has 1 unspecified atom stereocenters. The first-order chi connectivity index (χ1) is 6.77. The number of hydrogen-bond acceptors (Lipinski definition) is 4. The van der Waals surface area contributed by atoms with Crippen molar-refractivity contribution in [1.29, 1.82) is 0 Å². The number of nitrogens with zero attached hydrogens (tertiary/aromatic N) is 3. The second kappa shape index (κ2) is 3.69. The van der Waals surface area contributed by atoms with Crippen LogP contribution in [0.3, 0.4) is 0 Å². The molecule has 72 valence electrons. The van der Waals surface area contributed by atoms with Crippen LogP contribution >= 0.6 is 0 Å². The average molecular weight is 208 g/mol. The molecule has 0 spiro atoms. The summed E-state index contributed by atoms with van der Waals surface area (Å²) >= 11 is -2.18. The summed E-state index contributed by atoms with van der Waals surface area (Å²) < 4.78 is 22.7. The fourth-order valence-electron chi connectivity index (χ4n) is 1.06. The summed E-state index contributed by atoms with van der Waals surface area (Å²) in [5.74, 6) is 0. The van der Waals surface area contributed by atoms with Crippen LogP contribution in [0.15, 0.2) is 41.6 Å². The van der Waals surface area contributed by atoms with Crippen molar-refractivity contribution in [3.63, 3.8) is 0 Å². The van der Waals surface area contributed by atoms with Crippen molar-refractivity contribution < 1.29 is 8.76 Å². The van der Waals surface area contributed by atoms with E-state index in [4.69, 9.17) is 0 Å². The van der Waals surface area contributed by atoms with Crippen LogP contribution in [0.25, 0.3) is 5.69 Å². The van der Waals surface area contributed by atoms with Crippen LogP contribution in [-0.4, -0.2) is 23.8 Å². The molecule has 0 N–H and O–H groups in total. The lowest BCUT2D eigenvalue weighted by molar-refractivity contribution is 0.537. The number of rotatable bonds is 2. The first-order valence-corrected chi connectivity index (χ1v) is 4.91. The lowest BCUT2D eigenvalue weighted by atomic mass is 10.3. The summed E-state index contributed by atoms with van der Waals surface area (Å²) in [5.41, 5.74) is 0.775. The van der Waals surface area contributed by atoms with Gasteiger partial charge in [-0.2, -0.15) is 0 Å². The van der Waals surface area contributed by atoms with Gasteiger partial charge >= 0.3 is 0 Å². The Bertz CT molecular complexity index is 438. The van der Waals surface area contributed by atoms with Crippen molar-refractivity contribution in [3.8, 4) is 5.69 Å². The number of aromatic nitrogens is 3. The van der Waals surface area contributed by atoms with Crippen molar-refractivity contribution in [3.05, 3.63) is 36.7 Å². The van der Waals surface area contributed by atoms with Crippen molar-refractivity contribution >= 4 is 11.1 Å². The van der Waals surface area contributed by atoms with Crippen LogP contribution in [0.5, 0.6) is 0 Å². The molecule has 0 saturated heterocycles. The van der Waals surface area contributed by atoms with Crippen molar-refractivity contribution in [2.45, 2.75) is 4.90 Å². The summed E-state index contributed by atoms with van der Waals surface area (Å²) in [6.07, 6.45) is 3.24. The largest absolute Gasteiger partial charge is 0.768 e. The van der Waals surface area contributed by atoms with Crippen LogP contribution in [0, 0.1) is 0 Å². The fraction of sp³-hybridized carbons (Fsp3) is 0. The van der Waals surface area contributed by atoms with E-state index in [9.17, 15) is 8.76 Å². The van der Waals surface area contributed by atoms with Crippen molar-refractivity contribution in [1.82, 2.24) is 15.0 Å². The molecule has 0 amide bonds. The van der Waals surface area contributed by atoms with Gasteiger partial charge in [0.05, 0.1) is 18.1 Å². The predicted molar refractivity (Wildman–Crippen MR) is 48.5 cm³/mol. The minimum Gasteiger partial charge on any atom is -0.768 e. The zero-order valence-electron chi connectivity index (χ0n) is 7.03. The molecule has 1 atom stereocenters. The van der Waals surface area contributed by atoms with Crippen LogP contribution < -0.4 is 0 Å². The molecule has 6 heteroatoms. The van der Waals surface area contributed by atoms with Crippen molar-refractivity contribution in [2.75, 3.05) is 0 Å². The Labute approximate surface area is 82.7 Å². The van der Waals surface area contributed by atoms with Crippen LogP contribution in [0.2, 0.25) is 0 Å². The maximum atomic E-state index is 10.6. The SMILES string of the molecule is O=S([O-])c1ccc(-n2ccnn2)cc1. The van der Waals surface area contributed by atoms with E-state index in [1.54, 1.807) is 29.2 Å². The van der Waals surface area contributed by atoms with Gasteiger partial charge in [-0.3, -0.25) is 4.21 Å². The molecule has 0 aliphatic carbocycles. The highest BCUT2D eigenvalue weighted by Crippen LogP contribution is 2.09. The minimum atomic E-state index is -2.18. The third kappa shape index (κ3) is 1.70. The first-order valence-electron chi connectivity index (χ1n) is 3.83. The number of benzene rings is 1. The molecule has 0 aliphatic rings. The Balaban J connectivity index is 2.36. The van der Waals surface area contributed by atoms with E-state index in [-0.39, 0.29) is 4.90 Å². The maximum absolute atomic E-state index is 10.6. The van der Waals surface area contributed by atoms with Gasteiger partial charge in [0.2, 0.25) is 0 Å². The zero-order chi connectivity index (χ0) is 9.97. The summed E-state index contributed by atoms with van der Waals surface area (Å²) in [4.78, 5) is 0.258. The molecule has 5 nitrogen and oxygen atoms in total. The minimum absolute atomic E-state index is 0.258. The molecular formula is C8H6N3O2S-. The summed E-state index contributed by atoms with van der Waals surface area (Å²) in [7, 11) is 0. The van der Waals surface area contributed by atoms with Gasteiger partial charge in [0, 0.05) is 4.90 Å². The normalized spacial score (nSPS) is 12.6. The Morgan fingerprint density at radius 1 is 1.29 bits per heavy atom. The van der Waals surface area contributed by atoms with E-state index in [0.29, 0.717) is 0 Å². The average Bonchev–Trinajstić information content (AvgIpc) is 2.71. The first kappa shape index (κ1) is 9.04. The summed E-state index contributed by atoms with van der Waals surface area (Å²) in [5, 5.41) is 7.42. The van der Waals surface area contributed by atoms with Crippen LogP contribution in [-0.2, 0) is 11.1 Å². The molecule has 0 bridgehead atoms. The third-order valence-electron chi connectivity index (χ3n) is 1.72. The molecular weight excluding hydrogens is 202 g/mol. The molecule has 14 heavy (non-hydrogen) atoms. The van der Waals surface area contributed by atoms with E-state index in [1.807, 2.05) is 0 Å². The van der Waals surface area contributed by atoms with E-state index in [2.05, 4.69) is 10.3 Å². The van der Waals surface area contributed by atoms with Gasteiger partial charge in [0.25, 0.3) is 0 Å². The van der Waals surface area contributed by atoms with Crippen molar-refractivity contribution in [2.24, 2.45) is 0 Å². The lowest BCUT2D eigenvalue weighted by Gasteiger charge is -2.05. The second-order valence-electron chi connectivity index (χ2n) is 2.58. The molecule has 1 aromatic carbocycles. The topological polar surface area (TPSA) is 70.8 Å².